The van der Waals surface area contributed by atoms with E-state index >= 15 is 0 Å². The molecule has 30 heavy (non-hydrogen) atoms. The number of fused-ring (bicyclic) bond motifs is 4. The number of ketones is 1. The Hall–Kier alpha value is -1.48. The van der Waals surface area contributed by atoms with Crippen molar-refractivity contribution >= 4 is 11.8 Å². The van der Waals surface area contributed by atoms with Gasteiger partial charge in [-0.15, -0.1) is 0 Å². The first-order chi connectivity index (χ1) is 13.9. The molecule has 8 nitrogen and oxygen atoms in total. The second-order valence-corrected chi connectivity index (χ2v) is 10.3. The van der Waals surface area contributed by atoms with Crippen LogP contribution in [0.2, 0.25) is 0 Å². The summed E-state index contributed by atoms with van der Waals surface area (Å²) in [5, 5.41) is 23.6. The molecule has 4 fully saturated rings. The molecular weight excluding hydrogens is 392 g/mol. The third-order valence-electron chi connectivity index (χ3n) is 9.27. The number of methoxy groups -OCH3 is 1. The van der Waals surface area contributed by atoms with E-state index in [0.29, 0.717) is 12.2 Å². The van der Waals surface area contributed by atoms with Crippen molar-refractivity contribution in [2.45, 2.75) is 70.1 Å². The zero-order valence-corrected chi connectivity index (χ0v) is 18.0. The summed E-state index contributed by atoms with van der Waals surface area (Å²) in [6, 6.07) is 0. The molecular formula is C22H30O8. The summed E-state index contributed by atoms with van der Waals surface area (Å²) in [5.41, 5.74) is -5.67. The molecule has 2 saturated carbocycles. The zero-order chi connectivity index (χ0) is 21.9. The minimum absolute atomic E-state index is 0.0101. The van der Waals surface area contributed by atoms with Crippen molar-refractivity contribution < 1.29 is 38.7 Å². The van der Waals surface area contributed by atoms with Crippen molar-refractivity contribution in [1.29, 1.82) is 0 Å². The lowest BCUT2D eigenvalue weighted by atomic mass is 9.36. The van der Waals surface area contributed by atoms with Crippen molar-refractivity contribution in [2.24, 2.45) is 28.6 Å². The summed E-state index contributed by atoms with van der Waals surface area (Å²) in [4.78, 5) is 26.3. The number of allylic oxidation sites excluding steroid dienone is 2. The van der Waals surface area contributed by atoms with Crippen LogP contribution in [-0.2, 0) is 28.5 Å². The molecule has 166 valence electrons. The van der Waals surface area contributed by atoms with E-state index in [9.17, 15) is 19.8 Å². The van der Waals surface area contributed by atoms with Gasteiger partial charge in [0.2, 0.25) is 5.78 Å². The van der Waals surface area contributed by atoms with Gasteiger partial charge >= 0.3 is 5.97 Å². The summed E-state index contributed by atoms with van der Waals surface area (Å²) in [5.74, 6) is -1.10. The molecule has 0 aromatic rings. The van der Waals surface area contributed by atoms with Crippen LogP contribution in [0.4, 0.5) is 0 Å². The molecule has 5 aliphatic rings. The molecule has 0 radical (unpaired) electrons. The fourth-order valence-corrected chi connectivity index (χ4v) is 7.76. The first-order valence-corrected chi connectivity index (χ1v) is 10.6. The average molecular weight is 422 g/mol. The number of rotatable bonds is 1. The quantitative estimate of drug-likeness (QED) is 0.601. The van der Waals surface area contributed by atoms with Gasteiger partial charge < -0.3 is 29.2 Å². The van der Waals surface area contributed by atoms with Crippen LogP contribution < -0.4 is 0 Å². The SMILES string of the molecule is COC1=C[C@@H](C)[C@H]2C[C@H]3OC(=O)C[C@]4(O)[C@@]3(C)[C@@H]([C@@H]3OCO[C@H]3[C@@]4(C)O)[C@@]2(C)C1=O. The smallest absolute Gasteiger partial charge is 0.309 e. The number of ether oxygens (including phenoxy) is 4. The number of carbonyl (C=O) groups excluding carboxylic acids is 2. The highest BCUT2D eigenvalue weighted by molar-refractivity contribution is 6.00. The van der Waals surface area contributed by atoms with Crippen molar-refractivity contribution in [2.75, 3.05) is 13.9 Å². The van der Waals surface area contributed by atoms with Crippen molar-refractivity contribution in [3.8, 4) is 0 Å². The lowest BCUT2D eigenvalue weighted by Crippen LogP contribution is -2.84. The largest absolute Gasteiger partial charge is 0.493 e. The highest BCUT2D eigenvalue weighted by Gasteiger charge is 2.82. The Labute approximate surface area is 175 Å². The van der Waals surface area contributed by atoms with Gasteiger partial charge in [0.25, 0.3) is 0 Å². The van der Waals surface area contributed by atoms with Gasteiger partial charge in [-0.25, -0.2) is 0 Å². The highest BCUT2D eigenvalue weighted by atomic mass is 16.7. The van der Waals surface area contributed by atoms with Crippen LogP contribution in [0.5, 0.6) is 0 Å². The number of Topliss-reactive ketones (excluding diaryl/α,β-unsaturated/α-hetero) is 1. The Bertz CT molecular complexity index is 850. The molecule has 2 heterocycles. The second-order valence-electron chi connectivity index (χ2n) is 10.3. The van der Waals surface area contributed by atoms with Crippen LogP contribution in [0.15, 0.2) is 11.8 Å². The summed E-state index contributed by atoms with van der Waals surface area (Å²) < 4.78 is 23.0. The molecule has 2 aliphatic heterocycles. The van der Waals surface area contributed by atoms with Gasteiger partial charge in [0, 0.05) is 16.7 Å². The van der Waals surface area contributed by atoms with E-state index in [1.165, 1.54) is 14.0 Å². The van der Waals surface area contributed by atoms with E-state index in [1.807, 2.05) is 26.8 Å². The minimum Gasteiger partial charge on any atom is -0.493 e. The molecule has 8 heteroatoms. The van der Waals surface area contributed by atoms with Crippen LogP contribution in [0.25, 0.3) is 0 Å². The van der Waals surface area contributed by atoms with E-state index in [4.69, 9.17) is 18.9 Å². The van der Waals surface area contributed by atoms with E-state index in [-0.39, 0.29) is 30.8 Å². The Morgan fingerprint density at radius 3 is 2.53 bits per heavy atom. The van der Waals surface area contributed by atoms with Crippen molar-refractivity contribution in [3.63, 3.8) is 0 Å². The molecule has 0 spiro atoms. The summed E-state index contributed by atoms with van der Waals surface area (Å²) in [6.07, 6.45) is -0.292. The van der Waals surface area contributed by atoms with Crippen molar-refractivity contribution in [1.82, 2.24) is 0 Å². The molecule has 0 aromatic carbocycles. The highest BCUT2D eigenvalue weighted by Crippen LogP contribution is 2.71. The average Bonchev–Trinajstić information content (AvgIpc) is 3.14. The van der Waals surface area contributed by atoms with Gasteiger partial charge in [-0.3, -0.25) is 9.59 Å². The molecule has 10 atom stereocenters. The first kappa shape index (κ1) is 20.4. The molecule has 3 aliphatic carbocycles. The Morgan fingerprint density at radius 2 is 1.87 bits per heavy atom. The minimum atomic E-state index is -1.84. The molecule has 2 N–H and O–H groups in total. The van der Waals surface area contributed by atoms with Gasteiger partial charge in [0.1, 0.15) is 30.2 Å². The Morgan fingerprint density at radius 1 is 1.17 bits per heavy atom. The van der Waals surface area contributed by atoms with Gasteiger partial charge in [0.15, 0.2) is 5.76 Å². The monoisotopic (exact) mass is 422 g/mol. The van der Waals surface area contributed by atoms with Gasteiger partial charge in [-0.2, -0.15) is 0 Å². The number of hydrogen-bond acceptors (Lipinski definition) is 8. The molecule has 0 amide bonds. The fraction of sp³-hybridized carbons (Fsp3) is 0.818. The number of esters is 1. The Balaban J connectivity index is 1.78. The predicted octanol–water partition coefficient (Wildman–Crippen LogP) is 0.937. The summed E-state index contributed by atoms with van der Waals surface area (Å²) in [7, 11) is 1.48. The molecule has 0 unspecified atom stereocenters. The normalized spacial score (nSPS) is 57.0. The van der Waals surface area contributed by atoms with E-state index in [2.05, 4.69) is 0 Å². The summed E-state index contributed by atoms with van der Waals surface area (Å²) >= 11 is 0. The molecule has 0 bridgehead atoms. The maximum Gasteiger partial charge on any atom is 0.309 e. The van der Waals surface area contributed by atoms with Crippen LogP contribution in [0.3, 0.4) is 0 Å². The standard InChI is InChI=1S/C22H30O8/c1-10-6-12(27-5)17(24)19(2)11(10)7-13-20(3)16(19)15-18(29-9-28-15)21(4,25)22(20,26)8-14(23)30-13/h6,10-11,13,15-16,18,25-26H,7-9H2,1-5H3/t10-,11-,13-,15+,16+,18-,19+,20-,21-,22+/m1/s1. The van der Waals surface area contributed by atoms with Crippen LogP contribution in [-0.4, -0.2) is 65.4 Å². The van der Waals surface area contributed by atoms with Crippen LogP contribution in [0, 0.1) is 28.6 Å². The summed E-state index contributed by atoms with van der Waals surface area (Å²) in [6.45, 7) is 7.20. The maximum atomic E-state index is 13.8. The van der Waals surface area contributed by atoms with Gasteiger partial charge in [0.05, 0.1) is 19.6 Å². The number of aliphatic hydroxyl groups is 2. The lowest BCUT2D eigenvalue weighted by Gasteiger charge is -2.71. The lowest BCUT2D eigenvalue weighted by molar-refractivity contribution is -0.354. The topological polar surface area (TPSA) is 112 Å². The maximum absolute atomic E-state index is 13.8. The second kappa shape index (κ2) is 5.85. The molecule has 2 saturated heterocycles. The fourth-order valence-electron chi connectivity index (χ4n) is 7.76. The predicted molar refractivity (Wildman–Crippen MR) is 102 cm³/mol. The van der Waals surface area contributed by atoms with E-state index in [0.717, 1.165) is 0 Å². The van der Waals surface area contributed by atoms with Crippen LogP contribution >= 0.6 is 0 Å². The molecule has 0 aromatic heterocycles. The number of hydrogen-bond donors (Lipinski definition) is 2. The number of carbonyl (C=O) groups is 2. The van der Waals surface area contributed by atoms with Gasteiger partial charge in [-0.05, 0) is 31.3 Å². The van der Waals surface area contributed by atoms with E-state index < -0.39 is 52.2 Å². The first-order valence-electron chi connectivity index (χ1n) is 10.6. The molecule has 5 rings (SSSR count). The third-order valence-corrected chi connectivity index (χ3v) is 9.27. The van der Waals surface area contributed by atoms with Gasteiger partial charge in [-0.1, -0.05) is 20.8 Å². The van der Waals surface area contributed by atoms with E-state index in [1.54, 1.807) is 0 Å². The third kappa shape index (κ3) is 1.97. The van der Waals surface area contributed by atoms with Crippen molar-refractivity contribution in [3.05, 3.63) is 11.8 Å². The zero-order valence-electron chi connectivity index (χ0n) is 18.0. The van der Waals surface area contributed by atoms with Crippen LogP contribution in [0.1, 0.15) is 40.5 Å². The Kier molecular flexibility index (Phi) is 3.98.